The van der Waals surface area contributed by atoms with Gasteiger partial charge >= 0.3 is 5.97 Å². The minimum absolute atomic E-state index is 0.104. The zero-order valence-electron chi connectivity index (χ0n) is 11.9. The fourth-order valence-corrected chi connectivity index (χ4v) is 2.29. The van der Waals surface area contributed by atoms with E-state index >= 15 is 0 Å². The maximum absolute atomic E-state index is 11.5. The number of nitrogens with zero attached hydrogens (tertiary/aromatic N) is 2. The van der Waals surface area contributed by atoms with Gasteiger partial charge in [0.25, 0.3) is 0 Å². The van der Waals surface area contributed by atoms with Crippen molar-refractivity contribution in [3.8, 4) is 22.7 Å². The molecule has 0 atom stereocenters. The molecule has 1 aromatic heterocycles. The first kappa shape index (κ1) is 13.9. The van der Waals surface area contributed by atoms with Crippen molar-refractivity contribution < 1.29 is 14.6 Å². The predicted octanol–water partition coefficient (Wildman–Crippen LogP) is 3.25. The monoisotopic (exact) mass is 294 g/mol. The van der Waals surface area contributed by atoms with E-state index in [2.05, 4.69) is 5.10 Å². The van der Waals surface area contributed by atoms with E-state index in [9.17, 15) is 9.90 Å². The van der Waals surface area contributed by atoms with E-state index in [1.54, 1.807) is 13.2 Å². The number of methoxy groups -OCH3 is 1. The Hall–Kier alpha value is -3.08. The van der Waals surface area contributed by atoms with Crippen molar-refractivity contribution in [2.24, 2.45) is 0 Å². The van der Waals surface area contributed by atoms with E-state index in [0.717, 1.165) is 5.56 Å². The molecule has 0 bridgehead atoms. The largest absolute Gasteiger partial charge is 0.496 e. The molecule has 0 unspecified atom stereocenters. The number of rotatable bonds is 4. The summed E-state index contributed by atoms with van der Waals surface area (Å²) in [5.41, 5.74) is 2.11. The summed E-state index contributed by atoms with van der Waals surface area (Å²) in [5.74, 6) is -0.380. The zero-order chi connectivity index (χ0) is 15.5. The molecule has 1 heterocycles. The molecule has 1 N–H and O–H groups in total. The molecule has 0 fully saturated rings. The lowest BCUT2D eigenvalue weighted by molar-refractivity contribution is 0.0687. The lowest BCUT2D eigenvalue weighted by Crippen LogP contribution is -2.07. The summed E-state index contributed by atoms with van der Waals surface area (Å²) in [4.78, 5) is 11.5. The Kier molecular flexibility index (Phi) is 3.62. The summed E-state index contributed by atoms with van der Waals surface area (Å²) in [6.07, 6.45) is 0. The van der Waals surface area contributed by atoms with Crippen LogP contribution in [0, 0.1) is 0 Å². The fraction of sp³-hybridized carbons (Fsp3) is 0.0588. The third-order valence-corrected chi connectivity index (χ3v) is 3.31. The lowest BCUT2D eigenvalue weighted by Gasteiger charge is -2.05. The van der Waals surface area contributed by atoms with Crippen LogP contribution < -0.4 is 4.74 Å². The van der Waals surface area contributed by atoms with Gasteiger partial charge in [-0.05, 0) is 30.3 Å². The van der Waals surface area contributed by atoms with E-state index in [-0.39, 0.29) is 5.69 Å². The quantitative estimate of drug-likeness (QED) is 0.802. The van der Waals surface area contributed by atoms with E-state index in [1.165, 1.54) is 4.68 Å². The van der Waals surface area contributed by atoms with E-state index in [0.29, 0.717) is 17.1 Å². The van der Waals surface area contributed by atoms with Crippen LogP contribution in [0.1, 0.15) is 10.5 Å². The minimum atomic E-state index is -1.03. The first-order chi connectivity index (χ1) is 10.7. The van der Waals surface area contributed by atoms with Gasteiger partial charge in [-0.3, -0.25) is 0 Å². The second-order valence-electron chi connectivity index (χ2n) is 4.67. The van der Waals surface area contributed by atoms with Crippen LogP contribution in [-0.2, 0) is 0 Å². The number of benzene rings is 2. The van der Waals surface area contributed by atoms with Crippen LogP contribution in [0.2, 0.25) is 0 Å². The van der Waals surface area contributed by atoms with Gasteiger partial charge in [0, 0.05) is 5.56 Å². The highest BCUT2D eigenvalue weighted by Gasteiger charge is 2.18. The standard InChI is InChI=1S/C17H14N2O3/c1-22-16-10-6-5-9-13(16)14-11-15(17(20)21)19(18-14)12-7-3-2-4-8-12/h2-11H,1H3,(H,20,21). The van der Waals surface area contributed by atoms with Crippen molar-refractivity contribution in [3.63, 3.8) is 0 Å². The van der Waals surface area contributed by atoms with Crippen LogP contribution in [0.15, 0.2) is 60.7 Å². The van der Waals surface area contributed by atoms with Crippen molar-refractivity contribution in [1.29, 1.82) is 0 Å². The number of ether oxygens (including phenoxy) is 1. The number of hydrogen-bond donors (Lipinski definition) is 1. The number of aromatic carboxylic acids is 1. The molecule has 5 heteroatoms. The molecule has 0 aliphatic heterocycles. The summed E-state index contributed by atoms with van der Waals surface area (Å²) in [6, 6.07) is 18.1. The van der Waals surface area contributed by atoms with Gasteiger partial charge in [0.1, 0.15) is 5.75 Å². The average Bonchev–Trinajstić information content (AvgIpc) is 3.01. The summed E-state index contributed by atoms with van der Waals surface area (Å²) in [6.45, 7) is 0. The van der Waals surface area contributed by atoms with Gasteiger partial charge in [-0.25, -0.2) is 9.48 Å². The molecule has 3 aromatic rings. The Balaban J connectivity index is 2.18. The number of aromatic nitrogens is 2. The number of para-hydroxylation sites is 2. The second-order valence-corrected chi connectivity index (χ2v) is 4.67. The Labute approximate surface area is 127 Å². The summed E-state index contributed by atoms with van der Waals surface area (Å²) in [5, 5.41) is 13.9. The van der Waals surface area contributed by atoms with Crippen molar-refractivity contribution >= 4 is 5.97 Å². The smallest absolute Gasteiger partial charge is 0.354 e. The normalized spacial score (nSPS) is 10.4. The van der Waals surface area contributed by atoms with Crippen LogP contribution >= 0.6 is 0 Å². The van der Waals surface area contributed by atoms with Crippen molar-refractivity contribution in [2.45, 2.75) is 0 Å². The molecule has 0 spiro atoms. The molecule has 0 radical (unpaired) electrons. The van der Waals surface area contributed by atoms with Crippen molar-refractivity contribution in [2.75, 3.05) is 7.11 Å². The Morgan fingerprint density at radius 3 is 2.45 bits per heavy atom. The van der Waals surface area contributed by atoms with Crippen molar-refractivity contribution in [1.82, 2.24) is 9.78 Å². The summed E-state index contributed by atoms with van der Waals surface area (Å²) < 4.78 is 6.74. The molecule has 0 aliphatic rings. The van der Waals surface area contributed by atoms with Gasteiger partial charge in [-0.2, -0.15) is 5.10 Å². The van der Waals surface area contributed by atoms with Crippen LogP contribution in [0.5, 0.6) is 5.75 Å². The summed E-state index contributed by atoms with van der Waals surface area (Å²) in [7, 11) is 1.57. The fourth-order valence-electron chi connectivity index (χ4n) is 2.29. The van der Waals surface area contributed by atoms with Gasteiger partial charge in [-0.15, -0.1) is 0 Å². The molecular formula is C17H14N2O3. The molecule has 22 heavy (non-hydrogen) atoms. The van der Waals surface area contributed by atoms with Gasteiger partial charge in [-0.1, -0.05) is 30.3 Å². The lowest BCUT2D eigenvalue weighted by atomic mass is 10.1. The average molecular weight is 294 g/mol. The molecule has 3 rings (SSSR count). The van der Waals surface area contributed by atoms with Gasteiger partial charge in [0.2, 0.25) is 0 Å². The number of carboxylic acids is 1. The highest BCUT2D eigenvalue weighted by molar-refractivity contribution is 5.88. The minimum Gasteiger partial charge on any atom is -0.496 e. The number of carbonyl (C=O) groups is 1. The molecular weight excluding hydrogens is 280 g/mol. The van der Waals surface area contributed by atoms with Crippen molar-refractivity contribution in [3.05, 3.63) is 66.4 Å². The number of carboxylic acid groups (broad SMARTS) is 1. The molecule has 0 saturated carbocycles. The number of hydrogen-bond acceptors (Lipinski definition) is 3. The molecule has 110 valence electrons. The van der Waals surface area contributed by atoms with Crippen LogP contribution in [-0.4, -0.2) is 28.0 Å². The molecule has 5 nitrogen and oxygen atoms in total. The van der Waals surface area contributed by atoms with E-state index in [1.807, 2.05) is 54.6 Å². The topological polar surface area (TPSA) is 64.3 Å². The maximum atomic E-state index is 11.5. The van der Waals surface area contributed by atoms with Gasteiger partial charge in [0.15, 0.2) is 5.69 Å². The maximum Gasteiger partial charge on any atom is 0.354 e. The zero-order valence-corrected chi connectivity index (χ0v) is 11.9. The second kappa shape index (κ2) is 5.73. The highest BCUT2D eigenvalue weighted by atomic mass is 16.5. The van der Waals surface area contributed by atoms with E-state index in [4.69, 9.17) is 4.74 Å². The third kappa shape index (κ3) is 2.44. The summed E-state index contributed by atoms with van der Waals surface area (Å²) >= 11 is 0. The van der Waals surface area contributed by atoms with E-state index < -0.39 is 5.97 Å². The van der Waals surface area contributed by atoms with Crippen LogP contribution in [0.4, 0.5) is 0 Å². The molecule has 0 amide bonds. The first-order valence-electron chi connectivity index (χ1n) is 6.73. The molecule has 2 aromatic carbocycles. The third-order valence-electron chi connectivity index (χ3n) is 3.31. The SMILES string of the molecule is COc1ccccc1-c1cc(C(=O)O)n(-c2ccccc2)n1. The van der Waals surface area contributed by atoms with Crippen LogP contribution in [0.3, 0.4) is 0 Å². The van der Waals surface area contributed by atoms with Gasteiger partial charge in [0.05, 0.1) is 18.5 Å². The first-order valence-corrected chi connectivity index (χ1v) is 6.73. The molecule has 0 aliphatic carbocycles. The molecule has 0 saturated heterocycles. The highest BCUT2D eigenvalue weighted by Crippen LogP contribution is 2.29. The van der Waals surface area contributed by atoms with Crippen LogP contribution in [0.25, 0.3) is 16.9 Å². The van der Waals surface area contributed by atoms with Gasteiger partial charge < -0.3 is 9.84 Å². The predicted molar refractivity (Wildman–Crippen MR) is 82.5 cm³/mol. The Morgan fingerprint density at radius 1 is 1.09 bits per heavy atom. The Bertz CT molecular complexity index is 810. The Morgan fingerprint density at radius 2 is 1.77 bits per heavy atom.